The Morgan fingerprint density at radius 2 is 0.875 bits per heavy atom. The van der Waals surface area contributed by atoms with Gasteiger partial charge in [0.15, 0.2) is 0 Å². The van der Waals surface area contributed by atoms with Gasteiger partial charge in [-0.05, 0) is 76.6 Å². The van der Waals surface area contributed by atoms with Gasteiger partial charge in [-0.1, -0.05) is 48.2 Å². The fourth-order valence-corrected chi connectivity index (χ4v) is 8.64. The number of hydrogen-bond donors (Lipinski definition) is 2. The number of rotatable bonds is 6. The van der Waals surface area contributed by atoms with E-state index in [4.69, 9.17) is 0 Å². The van der Waals surface area contributed by atoms with Crippen LogP contribution in [0.25, 0.3) is 0 Å². The Hall–Kier alpha value is -1.74. The van der Waals surface area contributed by atoms with Crippen LogP contribution in [0.4, 0.5) is 0 Å². The van der Waals surface area contributed by atoms with Crippen molar-refractivity contribution in [2.45, 2.75) is 89.1 Å². The highest BCUT2D eigenvalue weighted by Gasteiger charge is 2.34. The summed E-state index contributed by atoms with van der Waals surface area (Å²) in [5, 5.41) is 0. The molecule has 1 aliphatic carbocycles. The van der Waals surface area contributed by atoms with E-state index in [0.29, 0.717) is 35.1 Å². The van der Waals surface area contributed by atoms with Crippen molar-refractivity contribution in [3.63, 3.8) is 0 Å². The Morgan fingerprint density at radius 1 is 0.594 bits per heavy atom. The molecule has 0 bridgehead atoms. The second kappa shape index (κ2) is 9.25. The van der Waals surface area contributed by atoms with E-state index < -0.39 is 32.1 Å². The van der Waals surface area contributed by atoms with Gasteiger partial charge in [-0.2, -0.15) is 0 Å². The molecule has 0 unspecified atom stereocenters. The van der Waals surface area contributed by atoms with E-state index in [1.54, 1.807) is 27.7 Å². The molecule has 0 heterocycles. The third-order valence-electron chi connectivity index (χ3n) is 6.13. The summed E-state index contributed by atoms with van der Waals surface area (Å²) in [6.45, 7) is 11.0. The maximum atomic E-state index is 13.3. The molecule has 176 valence electrons. The predicted molar refractivity (Wildman–Crippen MR) is 128 cm³/mol. The van der Waals surface area contributed by atoms with Gasteiger partial charge in [-0.15, -0.1) is 0 Å². The molecular weight excluding hydrogens is 444 g/mol. The van der Waals surface area contributed by atoms with Crippen LogP contribution < -0.4 is 9.44 Å². The highest BCUT2D eigenvalue weighted by molar-refractivity contribution is 7.90. The number of sulfonamides is 2. The number of benzene rings is 2. The fourth-order valence-electron chi connectivity index (χ4n) is 5.11. The molecule has 32 heavy (non-hydrogen) atoms. The molecule has 8 heteroatoms. The van der Waals surface area contributed by atoms with Crippen LogP contribution in [-0.4, -0.2) is 28.9 Å². The SMILES string of the molecule is Cc1cc(C)c(S(=O)(=O)N[C@H]2CCCC[C@@H]2NS(=O)(=O)c2c(C)cc(C)cc2C)c(C)c1. The molecule has 6 nitrogen and oxygen atoms in total. The Morgan fingerprint density at radius 3 is 1.16 bits per heavy atom. The lowest BCUT2D eigenvalue weighted by atomic mass is 9.92. The number of aryl methyl sites for hydroxylation is 6. The zero-order valence-corrected chi connectivity index (χ0v) is 21.4. The molecule has 2 aromatic carbocycles. The predicted octanol–water partition coefficient (Wildman–Crippen LogP) is 4.11. The van der Waals surface area contributed by atoms with Gasteiger partial charge in [0.05, 0.1) is 9.79 Å². The van der Waals surface area contributed by atoms with E-state index in [9.17, 15) is 16.8 Å². The monoisotopic (exact) mass is 478 g/mol. The molecule has 3 rings (SSSR count). The van der Waals surface area contributed by atoms with Crippen molar-refractivity contribution in [3.05, 3.63) is 57.6 Å². The molecule has 2 aromatic rings. The van der Waals surface area contributed by atoms with E-state index >= 15 is 0 Å². The molecule has 2 N–H and O–H groups in total. The van der Waals surface area contributed by atoms with Crippen LogP contribution >= 0.6 is 0 Å². The molecule has 2 atom stereocenters. The number of nitrogens with one attached hydrogen (secondary N) is 2. The standard InChI is InChI=1S/C24H34N2O4S2/c1-15-11-17(3)23(18(4)12-15)31(27,28)25-21-9-7-8-10-22(21)26-32(29,30)24-19(5)13-16(2)14-20(24)6/h11-14,21-22,25-26H,7-10H2,1-6H3/t21-,22-/m0/s1. The van der Waals surface area contributed by atoms with Gasteiger partial charge in [0, 0.05) is 12.1 Å². The van der Waals surface area contributed by atoms with Gasteiger partial charge in [-0.3, -0.25) is 0 Å². The Labute approximate surface area is 192 Å². The quantitative estimate of drug-likeness (QED) is 0.654. The van der Waals surface area contributed by atoms with Crippen molar-refractivity contribution in [2.75, 3.05) is 0 Å². The zero-order valence-electron chi connectivity index (χ0n) is 19.7. The van der Waals surface area contributed by atoms with Gasteiger partial charge in [0.2, 0.25) is 20.0 Å². The van der Waals surface area contributed by atoms with Crippen molar-refractivity contribution in [3.8, 4) is 0 Å². The molecule has 0 amide bonds. The summed E-state index contributed by atoms with van der Waals surface area (Å²) < 4.78 is 58.8. The van der Waals surface area contributed by atoms with E-state index in [-0.39, 0.29) is 9.79 Å². The summed E-state index contributed by atoms with van der Waals surface area (Å²) in [4.78, 5) is 0.556. The molecule has 0 radical (unpaired) electrons. The summed E-state index contributed by atoms with van der Waals surface area (Å²) in [6.07, 6.45) is 2.87. The van der Waals surface area contributed by atoms with Crippen LogP contribution in [0.3, 0.4) is 0 Å². The van der Waals surface area contributed by atoms with Crippen LogP contribution in [0.5, 0.6) is 0 Å². The first-order valence-electron chi connectivity index (χ1n) is 11.0. The largest absolute Gasteiger partial charge is 0.241 e. The summed E-state index contributed by atoms with van der Waals surface area (Å²) in [5.74, 6) is 0. The maximum absolute atomic E-state index is 13.3. The molecule has 0 spiro atoms. The highest BCUT2D eigenvalue weighted by Crippen LogP contribution is 2.27. The molecule has 0 saturated heterocycles. The third kappa shape index (κ3) is 5.25. The lowest BCUT2D eigenvalue weighted by Gasteiger charge is -2.33. The van der Waals surface area contributed by atoms with Crippen LogP contribution in [0.1, 0.15) is 59.1 Å². The Bertz CT molecular complexity index is 1090. The average molecular weight is 479 g/mol. The van der Waals surface area contributed by atoms with Crippen molar-refractivity contribution in [1.82, 2.24) is 9.44 Å². The van der Waals surface area contributed by atoms with Gasteiger partial charge in [0.25, 0.3) is 0 Å². The molecule has 1 aliphatic rings. The van der Waals surface area contributed by atoms with Crippen LogP contribution in [0, 0.1) is 41.5 Å². The second-order valence-corrected chi connectivity index (χ2v) is 12.5. The Balaban J connectivity index is 1.90. The van der Waals surface area contributed by atoms with Gasteiger partial charge >= 0.3 is 0 Å². The van der Waals surface area contributed by atoms with Crippen molar-refractivity contribution in [1.29, 1.82) is 0 Å². The van der Waals surface area contributed by atoms with E-state index in [1.807, 2.05) is 38.1 Å². The average Bonchev–Trinajstić information content (AvgIpc) is 2.60. The van der Waals surface area contributed by atoms with Gasteiger partial charge in [-0.25, -0.2) is 26.3 Å². The first-order valence-corrected chi connectivity index (χ1v) is 14.0. The molecular formula is C24H34N2O4S2. The lowest BCUT2D eigenvalue weighted by Crippen LogP contribution is -2.53. The third-order valence-corrected chi connectivity index (χ3v) is 9.71. The van der Waals surface area contributed by atoms with Gasteiger partial charge < -0.3 is 0 Å². The zero-order chi connectivity index (χ0) is 23.8. The normalized spacial score (nSPS) is 19.8. The molecule has 1 fully saturated rings. The minimum absolute atomic E-state index is 0.278. The first-order chi connectivity index (χ1) is 14.8. The van der Waals surface area contributed by atoms with E-state index in [2.05, 4.69) is 9.44 Å². The minimum atomic E-state index is -3.80. The lowest BCUT2D eigenvalue weighted by molar-refractivity contribution is 0.340. The van der Waals surface area contributed by atoms with Crippen LogP contribution in [0.15, 0.2) is 34.1 Å². The topological polar surface area (TPSA) is 92.3 Å². The summed E-state index contributed by atoms with van der Waals surface area (Å²) >= 11 is 0. The van der Waals surface area contributed by atoms with Crippen molar-refractivity contribution in [2.24, 2.45) is 0 Å². The van der Waals surface area contributed by atoms with Crippen LogP contribution in [-0.2, 0) is 20.0 Å². The molecule has 0 aromatic heterocycles. The summed E-state index contributed by atoms with van der Waals surface area (Å²) in [5.41, 5.74) is 4.77. The smallest absolute Gasteiger partial charge is 0.207 e. The summed E-state index contributed by atoms with van der Waals surface area (Å²) in [7, 11) is -7.60. The number of hydrogen-bond acceptors (Lipinski definition) is 4. The van der Waals surface area contributed by atoms with E-state index in [0.717, 1.165) is 24.0 Å². The molecule has 0 aliphatic heterocycles. The molecule has 1 saturated carbocycles. The fraction of sp³-hybridized carbons (Fsp3) is 0.500. The first kappa shape index (κ1) is 24.9. The van der Waals surface area contributed by atoms with Crippen molar-refractivity contribution >= 4 is 20.0 Å². The van der Waals surface area contributed by atoms with E-state index in [1.165, 1.54) is 0 Å². The van der Waals surface area contributed by atoms with Crippen molar-refractivity contribution < 1.29 is 16.8 Å². The Kier molecular flexibility index (Phi) is 7.20. The maximum Gasteiger partial charge on any atom is 0.241 e. The second-order valence-electron chi connectivity index (χ2n) is 9.20. The van der Waals surface area contributed by atoms with Crippen LogP contribution in [0.2, 0.25) is 0 Å². The summed E-state index contributed by atoms with van der Waals surface area (Å²) in [6, 6.07) is 6.40. The van der Waals surface area contributed by atoms with Gasteiger partial charge in [0.1, 0.15) is 0 Å². The highest BCUT2D eigenvalue weighted by atomic mass is 32.2. The minimum Gasteiger partial charge on any atom is -0.207 e.